The van der Waals surface area contributed by atoms with E-state index in [0.29, 0.717) is 13.1 Å². The van der Waals surface area contributed by atoms with Gasteiger partial charge in [0.25, 0.3) is 0 Å². The number of rotatable bonds is 5. The predicted octanol–water partition coefficient (Wildman–Crippen LogP) is 3.78. The van der Waals surface area contributed by atoms with Crippen LogP contribution in [-0.2, 0) is 17.9 Å². The van der Waals surface area contributed by atoms with Crippen LogP contribution >= 0.6 is 15.9 Å². The van der Waals surface area contributed by atoms with Gasteiger partial charge in [-0.25, -0.2) is 0 Å². The largest absolute Gasteiger partial charge is 0.369 e. The number of benzene rings is 2. The summed E-state index contributed by atoms with van der Waals surface area (Å²) >= 11 is 3.66. The van der Waals surface area contributed by atoms with Crippen LogP contribution in [0.4, 0.5) is 5.69 Å². The quantitative estimate of drug-likeness (QED) is 0.637. The standard InChI is InChI=1S/C23H27BrN4O/c1-17-23(24)19-8-4-6-10-21(19)28(17)16-22(29)25-15-18-7-3-5-9-20(18)27-13-11-26(2)12-14-27/h3-10H,11-16H2,1-2H3,(H,25,29). The fourth-order valence-electron chi connectivity index (χ4n) is 4.00. The summed E-state index contributed by atoms with van der Waals surface area (Å²) in [4.78, 5) is 17.5. The Bertz CT molecular complexity index is 1020. The highest BCUT2D eigenvalue weighted by atomic mass is 79.9. The summed E-state index contributed by atoms with van der Waals surface area (Å²) < 4.78 is 3.13. The molecule has 2 heterocycles. The van der Waals surface area contributed by atoms with Gasteiger partial charge in [0.05, 0.1) is 0 Å². The SMILES string of the molecule is Cc1c(Br)c2ccccc2n1CC(=O)NCc1ccccc1N1CCN(C)CC1. The molecular weight excluding hydrogens is 428 g/mol. The van der Waals surface area contributed by atoms with Gasteiger partial charge in [0, 0.05) is 59.5 Å². The molecule has 4 rings (SSSR count). The molecule has 3 aromatic rings. The van der Waals surface area contributed by atoms with Crippen LogP contribution in [0.25, 0.3) is 10.9 Å². The van der Waals surface area contributed by atoms with Crippen molar-refractivity contribution in [2.75, 3.05) is 38.1 Å². The Morgan fingerprint density at radius 3 is 2.52 bits per heavy atom. The molecule has 1 fully saturated rings. The van der Waals surface area contributed by atoms with Gasteiger partial charge in [0.2, 0.25) is 5.91 Å². The fourth-order valence-corrected chi connectivity index (χ4v) is 4.55. The average molecular weight is 455 g/mol. The summed E-state index contributed by atoms with van der Waals surface area (Å²) in [5, 5.41) is 4.26. The van der Waals surface area contributed by atoms with E-state index in [2.05, 4.69) is 73.0 Å². The molecule has 0 saturated carbocycles. The number of fused-ring (bicyclic) bond motifs is 1. The van der Waals surface area contributed by atoms with Gasteiger partial charge in [-0.3, -0.25) is 4.79 Å². The summed E-state index contributed by atoms with van der Waals surface area (Å²) in [6.07, 6.45) is 0. The molecule has 1 N–H and O–H groups in total. The molecule has 0 spiro atoms. The Hall–Kier alpha value is -2.31. The first-order valence-electron chi connectivity index (χ1n) is 10.1. The van der Waals surface area contributed by atoms with Gasteiger partial charge >= 0.3 is 0 Å². The van der Waals surface area contributed by atoms with Crippen molar-refractivity contribution in [2.45, 2.75) is 20.0 Å². The van der Waals surface area contributed by atoms with E-state index < -0.39 is 0 Å². The molecule has 0 bridgehead atoms. The van der Waals surface area contributed by atoms with Crippen molar-refractivity contribution in [3.8, 4) is 0 Å². The molecule has 1 aromatic heterocycles. The lowest BCUT2D eigenvalue weighted by atomic mass is 10.1. The van der Waals surface area contributed by atoms with Crippen LogP contribution in [-0.4, -0.2) is 48.6 Å². The van der Waals surface area contributed by atoms with Gasteiger partial charge in [0.1, 0.15) is 6.54 Å². The first kappa shape index (κ1) is 20.0. The van der Waals surface area contributed by atoms with Crippen molar-refractivity contribution in [2.24, 2.45) is 0 Å². The number of carbonyl (C=O) groups excluding carboxylic acids is 1. The Morgan fingerprint density at radius 2 is 1.72 bits per heavy atom. The molecule has 0 aliphatic carbocycles. The molecule has 0 radical (unpaired) electrons. The van der Waals surface area contributed by atoms with E-state index in [1.807, 2.05) is 25.1 Å². The maximum atomic E-state index is 12.8. The Kier molecular flexibility index (Phi) is 5.92. The van der Waals surface area contributed by atoms with Crippen LogP contribution in [0.1, 0.15) is 11.3 Å². The predicted molar refractivity (Wildman–Crippen MR) is 122 cm³/mol. The third-order valence-electron chi connectivity index (χ3n) is 5.77. The summed E-state index contributed by atoms with van der Waals surface area (Å²) in [5.74, 6) is 0.0227. The third-order valence-corrected chi connectivity index (χ3v) is 6.77. The smallest absolute Gasteiger partial charge is 0.240 e. The molecule has 1 saturated heterocycles. The van der Waals surface area contributed by atoms with Crippen LogP contribution in [0, 0.1) is 6.92 Å². The maximum absolute atomic E-state index is 12.8. The molecule has 29 heavy (non-hydrogen) atoms. The van der Waals surface area contributed by atoms with Crippen LogP contribution in [0.2, 0.25) is 0 Å². The van der Waals surface area contributed by atoms with Crippen LogP contribution < -0.4 is 10.2 Å². The highest BCUT2D eigenvalue weighted by molar-refractivity contribution is 9.10. The Labute approximate surface area is 180 Å². The zero-order chi connectivity index (χ0) is 20.4. The van der Waals surface area contributed by atoms with Crippen molar-refractivity contribution < 1.29 is 4.79 Å². The maximum Gasteiger partial charge on any atom is 0.240 e. The molecule has 0 unspecified atom stereocenters. The molecule has 1 aliphatic heterocycles. The normalized spacial score (nSPS) is 15.1. The average Bonchev–Trinajstić information content (AvgIpc) is 2.98. The molecule has 152 valence electrons. The second-order valence-corrected chi connectivity index (χ2v) is 8.49. The van der Waals surface area contributed by atoms with Gasteiger partial charge in [-0.05, 0) is 47.6 Å². The van der Waals surface area contributed by atoms with Gasteiger partial charge in [0.15, 0.2) is 0 Å². The number of anilines is 1. The lowest BCUT2D eigenvalue weighted by molar-refractivity contribution is -0.121. The number of aromatic nitrogens is 1. The number of nitrogens with one attached hydrogen (secondary N) is 1. The molecular formula is C23H27BrN4O. The van der Waals surface area contributed by atoms with E-state index in [1.54, 1.807) is 0 Å². The molecule has 0 atom stereocenters. The van der Waals surface area contributed by atoms with E-state index in [0.717, 1.165) is 47.2 Å². The van der Waals surface area contributed by atoms with Crippen LogP contribution in [0.3, 0.4) is 0 Å². The number of hydrogen-bond acceptors (Lipinski definition) is 3. The third kappa shape index (κ3) is 4.19. The van der Waals surface area contributed by atoms with Crippen molar-refractivity contribution >= 4 is 38.4 Å². The molecule has 5 nitrogen and oxygen atoms in total. The number of para-hydroxylation sites is 2. The minimum atomic E-state index is 0.0227. The first-order chi connectivity index (χ1) is 14.0. The van der Waals surface area contributed by atoms with Gasteiger partial charge < -0.3 is 19.7 Å². The monoisotopic (exact) mass is 454 g/mol. The number of piperazine rings is 1. The first-order valence-corrected chi connectivity index (χ1v) is 10.9. The van der Waals surface area contributed by atoms with Gasteiger partial charge in [-0.15, -0.1) is 0 Å². The van der Waals surface area contributed by atoms with Crippen LogP contribution in [0.15, 0.2) is 53.0 Å². The second-order valence-electron chi connectivity index (χ2n) is 7.70. The molecule has 1 amide bonds. The summed E-state index contributed by atoms with van der Waals surface area (Å²) in [7, 11) is 2.16. The van der Waals surface area contributed by atoms with Gasteiger partial charge in [-0.2, -0.15) is 0 Å². The van der Waals surface area contributed by atoms with Crippen molar-refractivity contribution in [1.29, 1.82) is 0 Å². The zero-order valence-corrected chi connectivity index (χ0v) is 18.6. The Morgan fingerprint density at radius 1 is 1.03 bits per heavy atom. The number of carbonyl (C=O) groups is 1. The summed E-state index contributed by atoms with van der Waals surface area (Å²) in [5.41, 5.74) is 4.54. The van der Waals surface area contributed by atoms with Crippen molar-refractivity contribution in [1.82, 2.24) is 14.8 Å². The van der Waals surface area contributed by atoms with E-state index in [4.69, 9.17) is 0 Å². The number of amides is 1. The number of nitrogens with zero attached hydrogens (tertiary/aromatic N) is 3. The van der Waals surface area contributed by atoms with E-state index >= 15 is 0 Å². The Balaban J connectivity index is 1.46. The van der Waals surface area contributed by atoms with E-state index in [-0.39, 0.29) is 5.91 Å². The number of hydrogen-bond donors (Lipinski definition) is 1. The minimum absolute atomic E-state index is 0.0227. The molecule has 6 heteroatoms. The zero-order valence-electron chi connectivity index (χ0n) is 17.0. The lowest BCUT2D eigenvalue weighted by Gasteiger charge is -2.35. The summed E-state index contributed by atoms with van der Waals surface area (Å²) in [6.45, 7) is 7.06. The highest BCUT2D eigenvalue weighted by Crippen LogP contribution is 2.30. The molecule has 1 aliphatic rings. The van der Waals surface area contributed by atoms with Gasteiger partial charge in [-0.1, -0.05) is 36.4 Å². The van der Waals surface area contributed by atoms with E-state index in [9.17, 15) is 4.79 Å². The second kappa shape index (κ2) is 8.59. The highest BCUT2D eigenvalue weighted by Gasteiger charge is 2.18. The van der Waals surface area contributed by atoms with Crippen molar-refractivity contribution in [3.63, 3.8) is 0 Å². The topological polar surface area (TPSA) is 40.5 Å². The fraction of sp³-hybridized carbons (Fsp3) is 0.348. The summed E-state index contributed by atoms with van der Waals surface area (Å²) in [6, 6.07) is 16.6. The number of likely N-dealkylation sites (N-methyl/N-ethyl adjacent to an activating group) is 1. The number of halogens is 1. The lowest BCUT2D eigenvalue weighted by Crippen LogP contribution is -2.45. The molecule has 2 aromatic carbocycles. The minimum Gasteiger partial charge on any atom is -0.369 e. The van der Waals surface area contributed by atoms with E-state index in [1.165, 1.54) is 11.3 Å². The van der Waals surface area contributed by atoms with Crippen LogP contribution in [0.5, 0.6) is 0 Å². The van der Waals surface area contributed by atoms with Crippen molar-refractivity contribution in [3.05, 3.63) is 64.3 Å².